The molecule has 124 valence electrons. The van der Waals surface area contributed by atoms with E-state index in [1.807, 2.05) is 18.2 Å². The molecule has 1 aliphatic carbocycles. The van der Waals surface area contributed by atoms with Crippen LogP contribution in [0.2, 0.25) is 0 Å². The molecule has 1 aliphatic rings. The van der Waals surface area contributed by atoms with Gasteiger partial charge in [0.1, 0.15) is 0 Å². The van der Waals surface area contributed by atoms with E-state index in [4.69, 9.17) is 4.74 Å². The number of H-pyrrole nitrogens is 1. The fraction of sp³-hybridized carbons (Fsp3) is 0.529. The van der Waals surface area contributed by atoms with Gasteiger partial charge in [-0.05, 0) is 37.8 Å². The lowest BCUT2D eigenvalue weighted by Gasteiger charge is -2.24. The average Bonchev–Trinajstić information content (AvgIpc) is 2.83. The van der Waals surface area contributed by atoms with Crippen LogP contribution in [0.3, 0.4) is 0 Å². The monoisotopic (exact) mass is 317 g/mol. The van der Waals surface area contributed by atoms with Crippen LogP contribution in [-0.4, -0.2) is 27.6 Å². The van der Waals surface area contributed by atoms with Crippen molar-refractivity contribution in [2.24, 2.45) is 0 Å². The molecule has 1 N–H and O–H groups in total. The second kappa shape index (κ2) is 7.00. The summed E-state index contributed by atoms with van der Waals surface area (Å²) in [5.74, 6) is 0. The van der Waals surface area contributed by atoms with E-state index < -0.39 is 0 Å². The number of nitrogens with one attached hydrogen (secondary N) is 1. The van der Waals surface area contributed by atoms with E-state index in [-0.39, 0.29) is 23.5 Å². The molecule has 0 spiro atoms. The highest BCUT2D eigenvalue weighted by Crippen LogP contribution is 2.26. The predicted octanol–water partition coefficient (Wildman–Crippen LogP) is 2.24. The molecule has 1 saturated carbocycles. The zero-order chi connectivity index (χ0) is 16.2. The Morgan fingerprint density at radius 2 is 1.78 bits per heavy atom. The number of rotatable bonds is 3. The Morgan fingerprint density at radius 3 is 2.52 bits per heavy atom. The van der Waals surface area contributed by atoms with Gasteiger partial charge < -0.3 is 4.74 Å². The summed E-state index contributed by atoms with van der Waals surface area (Å²) in [6.07, 6.45) is 6.10. The quantitative estimate of drug-likeness (QED) is 0.944. The molecule has 0 radical (unpaired) electrons. The number of hydrogen-bond donors (Lipinski definition) is 1. The Hall–Kier alpha value is -2.08. The van der Waals surface area contributed by atoms with Gasteiger partial charge >= 0.3 is 11.4 Å². The number of methoxy groups -OCH3 is 1. The van der Waals surface area contributed by atoms with E-state index >= 15 is 0 Å². The third-order valence-electron chi connectivity index (χ3n) is 4.66. The zero-order valence-electron chi connectivity index (χ0n) is 13.4. The van der Waals surface area contributed by atoms with Gasteiger partial charge in [-0.2, -0.15) is 0 Å². The minimum absolute atomic E-state index is 0.0260. The average molecular weight is 317 g/mol. The molecule has 23 heavy (non-hydrogen) atoms. The largest absolute Gasteiger partial charge is 0.381 e. The number of benzene rings is 1. The third kappa shape index (κ3) is 3.32. The maximum absolute atomic E-state index is 12.7. The van der Waals surface area contributed by atoms with Crippen LogP contribution in [0, 0.1) is 0 Å². The van der Waals surface area contributed by atoms with E-state index in [0.29, 0.717) is 5.69 Å². The van der Waals surface area contributed by atoms with Crippen molar-refractivity contribution in [1.82, 2.24) is 14.3 Å². The van der Waals surface area contributed by atoms with Crippen LogP contribution in [0.1, 0.15) is 44.6 Å². The van der Waals surface area contributed by atoms with Crippen LogP contribution < -0.4 is 11.4 Å². The summed E-state index contributed by atoms with van der Waals surface area (Å²) in [6, 6.07) is 9.05. The van der Waals surface area contributed by atoms with E-state index in [2.05, 4.69) is 5.10 Å². The lowest BCUT2D eigenvalue weighted by Crippen LogP contribution is -2.30. The Bertz CT molecular complexity index is 744. The smallest absolute Gasteiger partial charge is 0.351 e. The van der Waals surface area contributed by atoms with Gasteiger partial charge in [-0.15, -0.1) is 0 Å². The minimum Gasteiger partial charge on any atom is -0.381 e. The van der Waals surface area contributed by atoms with Gasteiger partial charge in [0.2, 0.25) is 0 Å². The Morgan fingerprint density at radius 1 is 1.04 bits per heavy atom. The first kappa shape index (κ1) is 15.8. The van der Waals surface area contributed by atoms with Crippen LogP contribution in [0.15, 0.2) is 39.9 Å². The molecule has 0 amide bonds. The van der Waals surface area contributed by atoms with Crippen molar-refractivity contribution in [2.45, 2.75) is 50.7 Å². The first-order chi connectivity index (χ1) is 11.2. The topological polar surface area (TPSA) is 69.0 Å². The fourth-order valence-electron chi connectivity index (χ4n) is 3.36. The Kier molecular flexibility index (Phi) is 4.81. The molecule has 1 fully saturated rings. The lowest BCUT2D eigenvalue weighted by molar-refractivity contribution is 0.0728. The van der Waals surface area contributed by atoms with E-state index in [0.717, 1.165) is 38.5 Å². The molecule has 6 heteroatoms. The highest BCUT2D eigenvalue weighted by atomic mass is 16.5. The third-order valence-corrected chi connectivity index (χ3v) is 4.66. The van der Waals surface area contributed by atoms with Crippen molar-refractivity contribution in [1.29, 1.82) is 0 Å². The number of ether oxygens (including phenoxy) is 1. The standard InChI is InChI=1S/C17H23N3O3/c1-23-15-10-6-5-9-14(11-12-15)20-17(22)19(16(21)18-20)13-7-3-2-4-8-13/h2-4,7-8,14-15H,5-6,9-12H2,1H3,(H,18,21)/t14-,15+/m1/s1. The zero-order valence-corrected chi connectivity index (χ0v) is 13.4. The fourth-order valence-corrected chi connectivity index (χ4v) is 3.36. The maximum Gasteiger partial charge on any atom is 0.351 e. The maximum atomic E-state index is 12.7. The van der Waals surface area contributed by atoms with Crippen molar-refractivity contribution in [3.63, 3.8) is 0 Å². The molecule has 0 saturated heterocycles. The van der Waals surface area contributed by atoms with Crippen LogP contribution >= 0.6 is 0 Å². The summed E-state index contributed by atoms with van der Waals surface area (Å²) in [4.78, 5) is 24.9. The normalized spacial score (nSPS) is 22.5. The molecule has 0 unspecified atom stereocenters. The van der Waals surface area contributed by atoms with E-state index in [1.165, 1.54) is 9.25 Å². The van der Waals surface area contributed by atoms with Crippen LogP contribution in [0.4, 0.5) is 0 Å². The van der Waals surface area contributed by atoms with Crippen LogP contribution in [0.25, 0.3) is 5.69 Å². The van der Waals surface area contributed by atoms with Crippen molar-refractivity contribution in [3.8, 4) is 5.69 Å². The summed E-state index contributed by atoms with van der Waals surface area (Å²) < 4.78 is 8.18. The first-order valence-corrected chi connectivity index (χ1v) is 8.22. The molecule has 1 aromatic carbocycles. The van der Waals surface area contributed by atoms with Gasteiger partial charge in [0, 0.05) is 7.11 Å². The van der Waals surface area contributed by atoms with Gasteiger partial charge in [0.15, 0.2) is 0 Å². The number of hydrogen-bond acceptors (Lipinski definition) is 3. The van der Waals surface area contributed by atoms with E-state index in [1.54, 1.807) is 19.2 Å². The van der Waals surface area contributed by atoms with E-state index in [9.17, 15) is 9.59 Å². The molecule has 2 atom stereocenters. The van der Waals surface area contributed by atoms with Crippen molar-refractivity contribution in [3.05, 3.63) is 51.3 Å². The lowest BCUT2D eigenvalue weighted by atomic mass is 9.95. The van der Waals surface area contributed by atoms with Gasteiger partial charge in [-0.25, -0.2) is 23.9 Å². The molecule has 2 aromatic rings. The summed E-state index contributed by atoms with van der Waals surface area (Å²) in [6.45, 7) is 0. The van der Waals surface area contributed by atoms with Crippen LogP contribution in [0.5, 0.6) is 0 Å². The van der Waals surface area contributed by atoms with Crippen molar-refractivity contribution < 1.29 is 4.74 Å². The Balaban J connectivity index is 1.91. The summed E-state index contributed by atoms with van der Waals surface area (Å²) in [7, 11) is 1.74. The first-order valence-electron chi connectivity index (χ1n) is 8.22. The molecule has 0 bridgehead atoms. The number of nitrogens with zero attached hydrogens (tertiary/aromatic N) is 2. The summed E-state index contributed by atoms with van der Waals surface area (Å²) in [5.41, 5.74) is -0.0783. The highest BCUT2D eigenvalue weighted by Gasteiger charge is 2.22. The summed E-state index contributed by atoms with van der Waals surface area (Å²) in [5, 5.41) is 2.73. The van der Waals surface area contributed by atoms with Gasteiger partial charge in [-0.3, -0.25) is 0 Å². The molecular formula is C17H23N3O3. The molecule has 1 aromatic heterocycles. The molecule has 6 nitrogen and oxygen atoms in total. The minimum atomic E-state index is -0.383. The second-order valence-electron chi connectivity index (χ2n) is 6.11. The van der Waals surface area contributed by atoms with Crippen molar-refractivity contribution in [2.75, 3.05) is 7.11 Å². The van der Waals surface area contributed by atoms with Gasteiger partial charge in [0.05, 0.1) is 17.8 Å². The SMILES string of the molecule is CO[C@H]1CCCC[C@@H](n2[nH]c(=O)n(-c3ccccc3)c2=O)CC1. The highest BCUT2D eigenvalue weighted by molar-refractivity contribution is 5.30. The Labute approximate surface area is 134 Å². The van der Waals surface area contributed by atoms with Gasteiger partial charge in [-0.1, -0.05) is 31.0 Å². The number of aromatic nitrogens is 3. The molecule has 0 aliphatic heterocycles. The van der Waals surface area contributed by atoms with Crippen LogP contribution in [-0.2, 0) is 4.74 Å². The summed E-state index contributed by atoms with van der Waals surface area (Å²) >= 11 is 0. The number of para-hydroxylation sites is 1. The molecule has 1 heterocycles. The molecule has 3 rings (SSSR count). The predicted molar refractivity (Wildman–Crippen MR) is 88.2 cm³/mol. The van der Waals surface area contributed by atoms with Gasteiger partial charge in [0.25, 0.3) is 0 Å². The van der Waals surface area contributed by atoms with Crippen molar-refractivity contribution >= 4 is 0 Å². The molecular weight excluding hydrogens is 294 g/mol. The second-order valence-corrected chi connectivity index (χ2v) is 6.11. The number of aromatic amines is 1.